The van der Waals surface area contributed by atoms with E-state index in [9.17, 15) is 4.79 Å². The molecule has 130 valence electrons. The second-order valence-corrected chi connectivity index (χ2v) is 5.99. The molecule has 0 radical (unpaired) electrons. The number of hydrogen-bond acceptors (Lipinski definition) is 4. The lowest BCUT2D eigenvalue weighted by atomic mass is 10.2. The first-order valence-electron chi connectivity index (χ1n) is 7.84. The van der Waals surface area contributed by atoms with Crippen LogP contribution in [0.3, 0.4) is 0 Å². The Bertz CT molecular complexity index is 674. The quantitative estimate of drug-likeness (QED) is 0.674. The van der Waals surface area contributed by atoms with Gasteiger partial charge in [0, 0.05) is 43.2 Å². The number of halogens is 2. The van der Waals surface area contributed by atoms with E-state index in [1.165, 1.54) is 0 Å². The zero-order valence-corrected chi connectivity index (χ0v) is 15.0. The van der Waals surface area contributed by atoms with Gasteiger partial charge in [-0.15, -0.1) is 0 Å². The van der Waals surface area contributed by atoms with Crippen molar-refractivity contribution in [2.24, 2.45) is 0 Å². The van der Waals surface area contributed by atoms with Crippen LogP contribution in [0.25, 0.3) is 11.3 Å². The second kappa shape index (κ2) is 9.67. The number of nitrogens with zero attached hydrogens (tertiary/aromatic N) is 1. The fourth-order valence-corrected chi connectivity index (χ4v) is 2.60. The zero-order valence-electron chi connectivity index (χ0n) is 13.5. The maximum Gasteiger partial charge on any atom is 0.220 e. The Balaban J connectivity index is 1.80. The summed E-state index contributed by atoms with van der Waals surface area (Å²) in [6.07, 6.45) is 3.16. The van der Waals surface area contributed by atoms with Crippen molar-refractivity contribution in [3.8, 4) is 11.3 Å². The number of amides is 1. The predicted molar refractivity (Wildman–Crippen MR) is 94.4 cm³/mol. The summed E-state index contributed by atoms with van der Waals surface area (Å²) in [5, 5.41) is 3.90. The monoisotopic (exact) mass is 370 g/mol. The van der Waals surface area contributed by atoms with Crippen LogP contribution in [0.5, 0.6) is 0 Å². The molecule has 5 nitrogen and oxygen atoms in total. The molecule has 1 heterocycles. The Hall–Kier alpha value is -1.56. The molecule has 1 aromatic heterocycles. The first kappa shape index (κ1) is 18.8. The first-order chi connectivity index (χ1) is 11.6. The number of hydrogen-bond donors (Lipinski definition) is 1. The maximum absolute atomic E-state index is 11.8. The number of aryl methyl sites for hydroxylation is 1. The van der Waals surface area contributed by atoms with Crippen LogP contribution in [-0.2, 0) is 16.0 Å². The number of aromatic nitrogens is 1. The summed E-state index contributed by atoms with van der Waals surface area (Å²) in [6.45, 7) is 3.90. The summed E-state index contributed by atoms with van der Waals surface area (Å²) in [5.41, 5.74) is 0.722. The number of carbonyl (C=O) groups is 1. The van der Waals surface area contributed by atoms with E-state index in [0.29, 0.717) is 54.3 Å². The van der Waals surface area contributed by atoms with Crippen LogP contribution in [-0.4, -0.2) is 30.6 Å². The SMILES string of the molecule is CCOCCCNC(=O)CCc1ncc(-c2ccc(Cl)cc2Cl)o1. The molecule has 0 saturated heterocycles. The number of benzene rings is 1. The van der Waals surface area contributed by atoms with Gasteiger partial charge in [0.2, 0.25) is 5.91 Å². The molecule has 24 heavy (non-hydrogen) atoms. The summed E-state index contributed by atoms with van der Waals surface area (Å²) in [6, 6.07) is 5.16. The van der Waals surface area contributed by atoms with Gasteiger partial charge in [0.15, 0.2) is 11.7 Å². The third kappa shape index (κ3) is 5.82. The molecule has 0 spiro atoms. The maximum atomic E-state index is 11.8. The lowest BCUT2D eigenvalue weighted by Crippen LogP contribution is -2.25. The van der Waals surface area contributed by atoms with E-state index in [1.807, 2.05) is 6.92 Å². The van der Waals surface area contributed by atoms with Crippen molar-refractivity contribution in [2.75, 3.05) is 19.8 Å². The third-order valence-corrected chi connectivity index (χ3v) is 3.86. The van der Waals surface area contributed by atoms with Gasteiger partial charge in [0.05, 0.1) is 11.2 Å². The molecule has 0 atom stereocenters. The van der Waals surface area contributed by atoms with E-state index in [0.717, 1.165) is 12.0 Å². The van der Waals surface area contributed by atoms with Crippen molar-refractivity contribution in [1.82, 2.24) is 10.3 Å². The van der Waals surface area contributed by atoms with E-state index in [-0.39, 0.29) is 5.91 Å². The fourth-order valence-electron chi connectivity index (χ4n) is 2.09. The summed E-state index contributed by atoms with van der Waals surface area (Å²) in [5.74, 6) is 1.03. The zero-order chi connectivity index (χ0) is 17.4. The third-order valence-electron chi connectivity index (χ3n) is 3.31. The minimum atomic E-state index is -0.0317. The molecule has 0 fully saturated rings. The first-order valence-corrected chi connectivity index (χ1v) is 8.60. The largest absolute Gasteiger partial charge is 0.441 e. The van der Waals surface area contributed by atoms with E-state index >= 15 is 0 Å². The molecule has 7 heteroatoms. The van der Waals surface area contributed by atoms with Gasteiger partial charge in [-0.1, -0.05) is 23.2 Å². The Morgan fingerprint density at radius 3 is 2.96 bits per heavy atom. The second-order valence-electron chi connectivity index (χ2n) is 5.14. The van der Waals surface area contributed by atoms with Gasteiger partial charge in [-0.2, -0.15) is 0 Å². The highest BCUT2D eigenvalue weighted by Gasteiger charge is 2.11. The van der Waals surface area contributed by atoms with Crippen LogP contribution in [0.4, 0.5) is 0 Å². The lowest BCUT2D eigenvalue weighted by molar-refractivity contribution is -0.121. The molecular formula is C17H20Cl2N2O3. The van der Waals surface area contributed by atoms with Crippen molar-refractivity contribution in [3.63, 3.8) is 0 Å². The Kier molecular flexibility index (Phi) is 7.56. The molecular weight excluding hydrogens is 351 g/mol. The predicted octanol–water partition coefficient (Wildman–Crippen LogP) is 4.12. The molecule has 0 saturated carbocycles. The summed E-state index contributed by atoms with van der Waals surface area (Å²) < 4.78 is 10.9. The molecule has 0 bridgehead atoms. The van der Waals surface area contributed by atoms with Gasteiger partial charge >= 0.3 is 0 Å². The van der Waals surface area contributed by atoms with Crippen LogP contribution in [0.15, 0.2) is 28.8 Å². The molecule has 2 rings (SSSR count). The van der Waals surface area contributed by atoms with Crippen molar-refractivity contribution in [1.29, 1.82) is 0 Å². The van der Waals surface area contributed by atoms with Crippen molar-refractivity contribution in [2.45, 2.75) is 26.2 Å². The van der Waals surface area contributed by atoms with Crippen molar-refractivity contribution < 1.29 is 13.9 Å². The van der Waals surface area contributed by atoms with Gasteiger partial charge in [0.1, 0.15) is 0 Å². The molecule has 0 aliphatic rings. The van der Waals surface area contributed by atoms with Crippen molar-refractivity contribution in [3.05, 3.63) is 40.3 Å². The van der Waals surface area contributed by atoms with Gasteiger partial charge in [-0.25, -0.2) is 4.98 Å². The normalized spacial score (nSPS) is 10.8. The van der Waals surface area contributed by atoms with E-state index in [4.69, 9.17) is 32.4 Å². The Labute approximate surface area is 151 Å². The van der Waals surface area contributed by atoms with Gasteiger partial charge in [0.25, 0.3) is 0 Å². The number of carbonyl (C=O) groups excluding carboxylic acids is 1. The molecule has 0 aliphatic carbocycles. The molecule has 0 aliphatic heterocycles. The Morgan fingerprint density at radius 1 is 1.38 bits per heavy atom. The highest BCUT2D eigenvalue weighted by Crippen LogP contribution is 2.30. The van der Waals surface area contributed by atoms with Crippen LogP contribution in [0, 0.1) is 0 Å². The van der Waals surface area contributed by atoms with Gasteiger partial charge in [-0.3, -0.25) is 4.79 Å². The highest BCUT2D eigenvalue weighted by molar-refractivity contribution is 6.36. The topological polar surface area (TPSA) is 64.4 Å². The lowest BCUT2D eigenvalue weighted by Gasteiger charge is -2.04. The van der Waals surface area contributed by atoms with Crippen LogP contribution in [0.1, 0.15) is 25.7 Å². The minimum absolute atomic E-state index is 0.0317. The number of ether oxygens (including phenoxy) is 1. The van der Waals surface area contributed by atoms with E-state index in [2.05, 4.69) is 10.3 Å². The average Bonchev–Trinajstić information content (AvgIpc) is 3.01. The number of rotatable bonds is 9. The van der Waals surface area contributed by atoms with E-state index in [1.54, 1.807) is 24.4 Å². The molecule has 1 amide bonds. The molecule has 1 N–H and O–H groups in total. The standard InChI is InChI=1S/C17H20Cl2N2O3/c1-2-23-9-3-8-20-16(22)6-7-17-21-11-15(24-17)13-5-4-12(18)10-14(13)19/h4-5,10-11H,2-3,6-9H2,1H3,(H,20,22). The average molecular weight is 371 g/mol. The summed E-state index contributed by atoms with van der Waals surface area (Å²) in [7, 11) is 0. The Morgan fingerprint density at radius 2 is 2.21 bits per heavy atom. The number of nitrogens with one attached hydrogen (secondary N) is 1. The molecule has 0 unspecified atom stereocenters. The van der Waals surface area contributed by atoms with Crippen molar-refractivity contribution >= 4 is 29.1 Å². The fraction of sp³-hybridized carbons (Fsp3) is 0.412. The molecule has 2 aromatic rings. The van der Waals surface area contributed by atoms with Crippen LogP contribution in [0.2, 0.25) is 10.0 Å². The van der Waals surface area contributed by atoms with Gasteiger partial charge < -0.3 is 14.5 Å². The van der Waals surface area contributed by atoms with E-state index < -0.39 is 0 Å². The molecule has 1 aromatic carbocycles. The van der Waals surface area contributed by atoms with Gasteiger partial charge in [-0.05, 0) is 31.5 Å². The summed E-state index contributed by atoms with van der Waals surface area (Å²) in [4.78, 5) is 16.0. The number of oxazole rings is 1. The smallest absolute Gasteiger partial charge is 0.220 e. The highest BCUT2D eigenvalue weighted by atomic mass is 35.5. The minimum Gasteiger partial charge on any atom is -0.441 e. The summed E-state index contributed by atoms with van der Waals surface area (Å²) >= 11 is 12.0. The van der Waals surface area contributed by atoms with Crippen LogP contribution < -0.4 is 5.32 Å². The van der Waals surface area contributed by atoms with Crippen LogP contribution >= 0.6 is 23.2 Å².